The smallest absolute Gasteiger partial charge is 0.339 e. The Kier molecular flexibility index (Phi) is 4.62. The largest absolute Gasteiger partial charge is 0.478 e. The highest BCUT2D eigenvalue weighted by molar-refractivity contribution is 5.93. The lowest BCUT2D eigenvalue weighted by Gasteiger charge is -2.21. The van der Waals surface area contributed by atoms with Gasteiger partial charge in [0.15, 0.2) is 0 Å². The third kappa shape index (κ3) is 3.11. The second kappa shape index (κ2) is 6.42. The van der Waals surface area contributed by atoms with Gasteiger partial charge in [-0.15, -0.1) is 12.3 Å². The summed E-state index contributed by atoms with van der Waals surface area (Å²) in [6.07, 6.45) is 10.8. The van der Waals surface area contributed by atoms with Gasteiger partial charge >= 0.3 is 5.97 Å². The van der Waals surface area contributed by atoms with Gasteiger partial charge in [-0.05, 0) is 43.7 Å². The third-order valence-electron chi connectivity index (χ3n) is 3.73. The number of nitrogens with zero attached hydrogens (tertiary/aromatic N) is 1. The summed E-state index contributed by atoms with van der Waals surface area (Å²) in [5.41, 5.74) is 2.35. The first kappa shape index (κ1) is 14.4. The summed E-state index contributed by atoms with van der Waals surface area (Å²) >= 11 is 0. The van der Waals surface area contributed by atoms with Crippen molar-refractivity contribution in [3.63, 3.8) is 0 Å². The molecule has 20 heavy (non-hydrogen) atoms. The van der Waals surface area contributed by atoms with Gasteiger partial charge in [-0.25, -0.2) is 9.78 Å². The first-order chi connectivity index (χ1) is 9.65. The molecule has 0 saturated carbocycles. The summed E-state index contributed by atoms with van der Waals surface area (Å²) in [7, 11) is 0. The van der Waals surface area contributed by atoms with Crippen molar-refractivity contribution in [2.75, 3.05) is 5.32 Å². The van der Waals surface area contributed by atoms with E-state index in [1.54, 1.807) is 6.07 Å². The van der Waals surface area contributed by atoms with E-state index in [1.165, 1.54) is 0 Å². The van der Waals surface area contributed by atoms with Gasteiger partial charge in [0.1, 0.15) is 11.4 Å². The van der Waals surface area contributed by atoms with Gasteiger partial charge in [-0.1, -0.05) is 6.92 Å². The summed E-state index contributed by atoms with van der Waals surface area (Å²) in [5.74, 6) is 2.13. The highest BCUT2D eigenvalue weighted by Gasteiger charge is 2.20. The molecule has 2 N–H and O–H groups in total. The molecule has 0 bridgehead atoms. The molecule has 1 aromatic heterocycles. The SMILES string of the molecule is C#CCC(CC)Nc1nc2c(cc1C(=O)O)CCCC2. The van der Waals surface area contributed by atoms with Crippen molar-refractivity contribution in [3.8, 4) is 12.3 Å². The summed E-state index contributed by atoms with van der Waals surface area (Å²) in [4.78, 5) is 16.0. The van der Waals surface area contributed by atoms with Crippen LogP contribution in [0.3, 0.4) is 0 Å². The molecule has 2 rings (SSSR count). The number of carboxylic acid groups (broad SMARTS) is 1. The third-order valence-corrected chi connectivity index (χ3v) is 3.73. The molecule has 1 aliphatic rings. The van der Waals surface area contributed by atoms with Crippen molar-refractivity contribution in [1.29, 1.82) is 0 Å². The molecule has 0 aliphatic heterocycles. The van der Waals surface area contributed by atoms with E-state index in [0.717, 1.165) is 43.4 Å². The maximum atomic E-state index is 11.4. The Morgan fingerprint density at radius 3 is 2.95 bits per heavy atom. The minimum Gasteiger partial charge on any atom is -0.478 e. The summed E-state index contributed by atoms with van der Waals surface area (Å²) in [5, 5.41) is 12.6. The first-order valence-corrected chi connectivity index (χ1v) is 7.11. The molecule has 1 atom stereocenters. The standard InChI is InChI=1S/C16H20N2O2/c1-3-7-12(4-2)17-15-13(16(19)20)10-11-8-5-6-9-14(11)18-15/h1,10,12H,4-9H2,2H3,(H,17,18)(H,19,20). The Labute approximate surface area is 119 Å². The fraction of sp³-hybridized carbons (Fsp3) is 0.500. The number of carbonyl (C=O) groups is 1. The molecule has 0 saturated heterocycles. The normalized spacial score (nSPS) is 15.0. The van der Waals surface area contributed by atoms with Crippen molar-refractivity contribution in [1.82, 2.24) is 4.98 Å². The van der Waals surface area contributed by atoms with Gasteiger partial charge in [0.05, 0.1) is 0 Å². The maximum absolute atomic E-state index is 11.4. The van der Waals surface area contributed by atoms with E-state index in [0.29, 0.717) is 12.2 Å². The van der Waals surface area contributed by atoms with E-state index in [1.807, 2.05) is 6.92 Å². The molecule has 1 heterocycles. The highest BCUT2D eigenvalue weighted by atomic mass is 16.4. The number of aromatic carboxylic acids is 1. The zero-order valence-corrected chi connectivity index (χ0v) is 11.8. The average Bonchev–Trinajstić information content (AvgIpc) is 2.45. The van der Waals surface area contributed by atoms with Crippen LogP contribution in [-0.2, 0) is 12.8 Å². The van der Waals surface area contributed by atoms with Gasteiger partial charge in [0.25, 0.3) is 0 Å². The van der Waals surface area contributed by atoms with Crippen LogP contribution in [0.1, 0.15) is 54.2 Å². The average molecular weight is 272 g/mol. The number of terminal acetylenes is 1. The molecule has 0 fully saturated rings. The quantitative estimate of drug-likeness (QED) is 0.809. The highest BCUT2D eigenvalue weighted by Crippen LogP contribution is 2.25. The monoisotopic (exact) mass is 272 g/mol. The topological polar surface area (TPSA) is 62.2 Å². The molecule has 1 unspecified atom stereocenters. The molecule has 0 amide bonds. The number of aryl methyl sites for hydroxylation is 2. The fourth-order valence-corrected chi connectivity index (χ4v) is 2.54. The van der Waals surface area contributed by atoms with Crippen molar-refractivity contribution in [2.24, 2.45) is 0 Å². The van der Waals surface area contributed by atoms with Gasteiger partial charge in [-0.2, -0.15) is 0 Å². The minimum atomic E-state index is -0.941. The predicted molar refractivity (Wildman–Crippen MR) is 79.0 cm³/mol. The van der Waals surface area contributed by atoms with E-state index >= 15 is 0 Å². The molecule has 0 spiro atoms. The Hall–Kier alpha value is -2.02. The van der Waals surface area contributed by atoms with Crippen LogP contribution in [0.15, 0.2) is 6.07 Å². The van der Waals surface area contributed by atoms with E-state index in [9.17, 15) is 9.90 Å². The number of pyridine rings is 1. The van der Waals surface area contributed by atoms with Crippen LogP contribution < -0.4 is 5.32 Å². The van der Waals surface area contributed by atoms with E-state index in [-0.39, 0.29) is 11.6 Å². The lowest BCUT2D eigenvalue weighted by Crippen LogP contribution is -2.22. The Bertz CT molecular complexity index is 546. The molecule has 106 valence electrons. The maximum Gasteiger partial charge on any atom is 0.339 e. The van der Waals surface area contributed by atoms with Crippen LogP contribution in [0.25, 0.3) is 0 Å². The van der Waals surface area contributed by atoms with E-state index in [4.69, 9.17) is 6.42 Å². The number of fused-ring (bicyclic) bond motifs is 1. The van der Waals surface area contributed by atoms with Crippen molar-refractivity contribution in [2.45, 2.75) is 51.5 Å². The number of hydrogen-bond acceptors (Lipinski definition) is 3. The Morgan fingerprint density at radius 2 is 2.30 bits per heavy atom. The molecule has 4 heteroatoms. The minimum absolute atomic E-state index is 0.0623. The fourth-order valence-electron chi connectivity index (χ4n) is 2.54. The first-order valence-electron chi connectivity index (χ1n) is 7.11. The number of nitrogens with one attached hydrogen (secondary N) is 1. The molecule has 1 aliphatic carbocycles. The zero-order valence-electron chi connectivity index (χ0n) is 11.8. The lowest BCUT2D eigenvalue weighted by molar-refractivity contribution is 0.0697. The Morgan fingerprint density at radius 1 is 1.55 bits per heavy atom. The van der Waals surface area contributed by atoms with Crippen LogP contribution in [0, 0.1) is 12.3 Å². The number of aromatic nitrogens is 1. The predicted octanol–water partition coefficient (Wildman–Crippen LogP) is 2.87. The van der Waals surface area contributed by atoms with Gasteiger partial charge < -0.3 is 10.4 Å². The molecule has 1 aromatic rings. The number of rotatable bonds is 5. The summed E-state index contributed by atoms with van der Waals surface area (Å²) in [6.45, 7) is 2.02. The van der Waals surface area contributed by atoms with Crippen LogP contribution in [0.2, 0.25) is 0 Å². The van der Waals surface area contributed by atoms with Crippen LogP contribution in [0.5, 0.6) is 0 Å². The van der Waals surface area contributed by atoms with Gasteiger partial charge in [0.2, 0.25) is 0 Å². The van der Waals surface area contributed by atoms with Crippen LogP contribution >= 0.6 is 0 Å². The molecule has 0 radical (unpaired) electrons. The number of carboxylic acids is 1. The second-order valence-electron chi connectivity index (χ2n) is 5.16. The van der Waals surface area contributed by atoms with Crippen molar-refractivity contribution in [3.05, 3.63) is 22.9 Å². The van der Waals surface area contributed by atoms with E-state index < -0.39 is 5.97 Å². The van der Waals surface area contributed by atoms with Gasteiger partial charge in [0, 0.05) is 18.2 Å². The number of anilines is 1. The molecule has 0 aromatic carbocycles. The summed E-state index contributed by atoms with van der Waals surface area (Å²) < 4.78 is 0. The van der Waals surface area contributed by atoms with E-state index in [2.05, 4.69) is 16.2 Å². The number of hydrogen-bond donors (Lipinski definition) is 2. The molecular weight excluding hydrogens is 252 g/mol. The van der Waals surface area contributed by atoms with Crippen molar-refractivity contribution >= 4 is 11.8 Å². The summed E-state index contributed by atoms with van der Waals surface area (Å²) in [6, 6.07) is 1.83. The molecular formula is C16H20N2O2. The Balaban J connectivity index is 2.34. The van der Waals surface area contributed by atoms with Gasteiger partial charge in [-0.3, -0.25) is 0 Å². The zero-order chi connectivity index (χ0) is 14.5. The van der Waals surface area contributed by atoms with Crippen LogP contribution in [-0.4, -0.2) is 22.1 Å². The van der Waals surface area contributed by atoms with Crippen LogP contribution in [0.4, 0.5) is 5.82 Å². The lowest BCUT2D eigenvalue weighted by atomic mass is 9.94. The van der Waals surface area contributed by atoms with Crippen molar-refractivity contribution < 1.29 is 9.90 Å². The second-order valence-corrected chi connectivity index (χ2v) is 5.16. The molecule has 4 nitrogen and oxygen atoms in total.